The Balaban J connectivity index is 1.82. The van der Waals surface area contributed by atoms with Crippen LogP contribution in [0.25, 0.3) is 0 Å². The van der Waals surface area contributed by atoms with Gasteiger partial charge in [0, 0.05) is 24.3 Å². The number of hydrogen-bond donors (Lipinski definition) is 2. The van der Waals surface area contributed by atoms with Gasteiger partial charge in [-0.05, 0) is 30.2 Å². The summed E-state index contributed by atoms with van der Waals surface area (Å²) < 4.78 is 0. The number of nitrogens with two attached hydrogens (primary N) is 1. The van der Waals surface area contributed by atoms with E-state index in [1.165, 1.54) is 11.9 Å². The maximum Gasteiger partial charge on any atom is 0.159 e. The van der Waals surface area contributed by atoms with Crippen LogP contribution < -0.4 is 16.0 Å². The molecule has 0 unspecified atom stereocenters. The largest absolute Gasteiger partial charge is 0.393 e. The number of nitrogen functional groups attached to an aromatic ring is 1. The van der Waals surface area contributed by atoms with Crippen molar-refractivity contribution in [2.75, 3.05) is 23.0 Å². The molecule has 0 bridgehead atoms. The molecule has 3 rings (SSSR count). The van der Waals surface area contributed by atoms with Crippen LogP contribution in [0.2, 0.25) is 5.02 Å². The molecule has 1 aromatic heterocycles. The molecule has 6 heteroatoms. The number of halogens is 1. The second-order valence-corrected chi connectivity index (χ2v) is 6.30. The van der Waals surface area contributed by atoms with E-state index in [1.54, 1.807) is 0 Å². The molecule has 5 nitrogen and oxygen atoms in total. The van der Waals surface area contributed by atoms with Gasteiger partial charge in [0.15, 0.2) is 11.6 Å². The third-order valence-corrected chi connectivity index (χ3v) is 4.33. The number of hydrogen-bond acceptors (Lipinski definition) is 5. The zero-order valence-corrected chi connectivity index (χ0v) is 15.0. The minimum absolute atomic E-state index is 0.498. The van der Waals surface area contributed by atoms with E-state index < -0.39 is 0 Å². The molecule has 25 heavy (non-hydrogen) atoms. The van der Waals surface area contributed by atoms with Crippen LogP contribution >= 0.6 is 11.6 Å². The van der Waals surface area contributed by atoms with Crippen LogP contribution in [-0.2, 0) is 6.54 Å². The zero-order valence-electron chi connectivity index (χ0n) is 14.2. The van der Waals surface area contributed by atoms with Crippen LogP contribution in [0.5, 0.6) is 0 Å². The van der Waals surface area contributed by atoms with Gasteiger partial charge in [0.1, 0.15) is 12.0 Å². The first kappa shape index (κ1) is 17.0. The third kappa shape index (κ3) is 4.00. The molecule has 3 N–H and O–H groups in total. The lowest BCUT2D eigenvalue weighted by Gasteiger charge is -2.21. The number of nitrogens with one attached hydrogen (secondary N) is 1. The van der Waals surface area contributed by atoms with Crippen LogP contribution in [0.4, 0.5) is 23.0 Å². The number of rotatable bonds is 5. The lowest BCUT2D eigenvalue weighted by molar-refractivity contribution is 0.894. The van der Waals surface area contributed by atoms with E-state index in [9.17, 15) is 0 Å². The fourth-order valence-corrected chi connectivity index (χ4v) is 2.71. The van der Waals surface area contributed by atoms with Gasteiger partial charge < -0.3 is 16.0 Å². The molecule has 0 aliphatic heterocycles. The summed E-state index contributed by atoms with van der Waals surface area (Å²) in [6.07, 6.45) is 1.51. The number of anilines is 4. The topological polar surface area (TPSA) is 67.1 Å². The van der Waals surface area contributed by atoms with E-state index in [1.807, 2.05) is 55.3 Å². The summed E-state index contributed by atoms with van der Waals surface area (Å²) in [5.41, 5.74) is 9.82. The molecule has 0 spiro atoms. The van der Waals surface area contributed by atoms with Crippen molar-refractivity contribution in [1.82, 2.24) is 9.97 Å². The first-order valence-corrected chi connectivity index (χ1v) is 8.31. The van der Waals surface area contributed by atoms with Gasteiger partial charge in [0.05, 0.1) is 0 Å². The third-order valence-electron chi connectivity index (χ3n) is 3.92. The van der Waals surface area contributed by atoms with E-state index in [0.717, 1.165) is 11.3 Å². The maximum atomic E-state index is 6.29. The van der Waals surface area contributed by atoms with E-state index in [0.29, 0.717) is 28.9 Å². The van der Waals surface area contributed by atoms with Crippen molar-refractivity contribution in [2.45, 2.75) is 13.5 Å². The summed E-state index contributed by atoms with van der Waals surface area (Å²) >= 11 is 6.18. The molecule has 3 aromatic rings. The fraction of sp³-hybridized carbons (Fsp3) is 0.158. The minimum Gasteiger partial charge on any atom is -0.393 e. The molecule has 0 saturated heterocycles. The van der Waals surface area contributed by atoms with Gasteiger partial charge in [0.25, 0.3) is 0 Å². The SMILES string of the molecule is Cc1ccc(Nc2ncnc(N(C)Cc3ccccc3)c2N)cc1Cl. The van der Waals surface area contributed by atoms with Crippen molar-refractivity contribution in [3.05, 3.63) is 71.0 Å². The van der Waals surface area contributed by atoms with Gasteiger partial charge in [-0.3, -0.25) is 0 Å². The average Bonchev–Trinajstić information content (AvgIpc) is 2.61. The quantitative estimate of drug-likeness (QED) is 0.711. The molecular formula is C19H20ClN5. The van der Waals surface area contributed by atoms with E-state index in [-0.39, 0.29) is 0 Å². The summed E-state index contributed by atoms with van der Waals surface area (Å²) in [4.78, 5) is 10.6. The molecule has 0 aliphatic carbocycles. The Hall–Kier alpha value is -2.79. The van der Waals surface area contributed by atoms with Crippen molar-refractivity contribution in [2.24, 2.45) is 0 Å². The highest BCUT2D eigenvalue weighted by Crippen LogP contribution is 2.30. The van der Waals surface area contributed by atoms with Gasteiger partial charge in [-0.1, -0.05) is 48.0 Å². The minimum atomic E-state index is 0.498. The summed E-state index contributed by atoms with van der Waals surface area (Å²) in [7, 11) is 1.96. The summed E-state index contributed by atoms with van der Waals surface area (Å²) in [6.45, 7) is 2.67. The van der Waals surface area contributed by atoms with Crippen molar-refractivity contribution in [1.29, 1.82) is 0 Å². The Labute approximate surface area is 152 Å². The number of benzene rings is 2. The second-order valence-electron chi connectivity index (χ2n) is 5.89. The Bertz CT molecular complexity index is 867. The molecule has 0 aliphatic rings. The molecule has 0 radical (unpaired) electrons. The van der Waals surface area contributed by atoms with E-state index in [4.69, 9.17) is 17.3 Å². The Morgan fingerprint density at radius 2 is 1.88 bits per heavy atom. The van der Waals surface area contributed by atoms with Gasteiger partial charge in [0.2, 0.25) is 0 Å². The van der Waals surface area contributed by atoms with Crippen LogP contribution in [0.15, 0.2) is 54.9 Å². The van der Waals surface area contributed by atoms with Gasteiger partial charge in [-0.2, -0.15) is 0 Å². The molecular weight excluding hydrogens is 334 g/mol. The van der Waals surface area contributed by atoms with Crippen LogP contribution in [0.1, 0.15) is 11.1 Å². The summed E-state index contributed by atoms with van der Waals surface area (Å²) in [5.74, 6) is 1.24. The Morgan fingerprint density at radius 3 is 2.60 bits per heavy atom. The first-order valence-electron chi connectivity index (χ1n) is 7.93. The van der Waals surface area contributed by atoms with Crippen LogP contribution in [-0.4, -0.2) is 17.0 Å². The molecule has 0 saturated carbocycles. The zero-order chi connectivity index (χ0) is 17.8. The number of aryl methyl sites for hydroxylation is 1. The monoisotopic (exact) mass is 353 g/mol. The lowest BCUT2D eigenvalue weighted by atomic mass is 10.2. The standard InChI is InChI=1S/C19H20ClN5/c1-13-8-9-15(10-16(13)20)24-18-17(21)19(23-12-22-18)25(2)11-14-6-4-3-5-7-14/h3-10,12H,11,21H2,1-2H3,(H,22,23,24). The van der Waals surface area contributed by atoms with E-state index >= 15 is 0 Å². The van der Waals surface area contributed by atoms with Gasteiger partial charge in [-0.15, -0.1) is 0 Å². The number of aromatic nitrogens is 2. The lowest BCUT2D eigenvalue weighted by Crippen LogP contribution is -2.20. The van der Waals surface area contributed by atoms with Gasteiger partial charge >= 0.3 is 0 Å². The molecule has 0 amide bonds. The second kappa shape index (κ2) is 7.40. The molecule has 128 valence electrons. The molecule has 1 heterocycles. The highest BCUT2D eigenvalue weighted by Gasteiger charge is 2.13. The molecule has 0 atom stereocenters. The Kier molecular flexibility index (Phi) is 5.05. The summed E-state index contributed by atoms with van der Waals surface area (Å²) in [5, 5.41) is 3.91. The van der Waals surface area contributed by atoms with Crippen molar-refractivity contribution in [3.8, 4) is 0 Å². The van der Waals surface area contributed by atoms with Crippen LogP contribution in [0, 0.1) is 6.92 Å². The van der Waals surface area contributed by atoms with Gasteiger partial charge in [-0.25, -0.2) is 9.97 Å². The number of nitrogens with zero attached hydrogens (tertiary/aromatic N) is 3. The highest BCUT2D eigenvalue weighted by molar-refractivity contribution is 6.31. The summed E-state index contributed by atoms with van der Waals surface area (Å²) in [6, 6.07) is 15.9. The Morgan fingerprint density at radius 1 is 1.12 bits per heavy atom. The average molecular weight is 354 g/mol. The van der Waals surface area contributed by atoms with Crippen molar-refractivity contribution >= 4 is 34.6 Å². The maximum absolute atomic E-state index is 6.29. The predicted molar refractivity (Wildman–Crippen MR) is 104 cm³/mol. The smallest absolute Gasteiger partial charge is 0.159 e. The van der Waals surface area contributed by atoms with Crippen molar-refractivity contribution < 1.29 is 0 Å². The fourth-order valence-electron chi connectivity index (χ4n) is 2.53. The van der Waals surface area contributed by atoms with Crippen LogP contribution in [0.3, 0.4) is 0 Å². The first-order chi connectivity index (χ1) is 12.0. The molecule has 2 aromatic carbocycles. The van der Waals surface area contributed by atoms with Crippen molar-refractivity contribution in [3.63, 3.8) is 0 Å². The van der Waals surface area contributed by atoms with E-state index in [2.05, 4.69) is 27.4 Å². The highest BCUT2D eigenvalue weighted by atomic mass is 35.5. The predicted octanol–water partition coefficient (Wildman–Crippen LogP) is 4.40. The normalized spacial score (nSPS) is 10.5. The molecule has 0 fully saturated rings.